The van der Waals surface area contributed by atoms with Gasteiger partial charge in [-0.05, 0) is 37.5 Å². The molecule has 0 aromatic heterocycles. The molecule has 0 rings (SSSR count). The molecule has 107 heavy (non-hydrogen) atoms. The van der Waals surface area contributed by atoms with Crippen molar-refractivity contribution in [1.82, 2.24) is 0 Å². The van der Waals surface area contributed by atoms with Crippen LogP contribution in [0.25, 0.3) is 0 Å². The van der Waals surface area contributed by atoms with Crippen molar-refractivity contribution in [3.05, 3.63) is 0 Å². The Morgan fingerprint density at radius 1 is 0.252 bits per heavy atom. The first kappa shape index (κ1) is 105. The van der Waals surface area contributed by atoms with Gasteiger partial charge in [-0.2, -0.15) is 0 Å². The van der Waals surface area contributed by atoms with Gasteiger partial charge < -0.3 is 33.8 Å². The maximum Gasteiger partial charge on any atom is 0.472 e. The molecule has 0 amide bonds. The SMILES string of the molecule is CCCCCCCCCCCCCCCCCCCC(=O)O[C@H](COC(=O)CCCCCCCCCCCCCC)COP(=O)(O)OC[C@H](O)COP(=O)(O)OC[C@@H](COC(=O)CCCCCCCCCCCCCCCCCCC(C)C)OC(=O)CCCCCCCCCCCCCCCCCCC(C)C. The number of phosphoric ester groups is 2. The first-order valence-electron chi connectivity index (χ1n) is 45.5. The van der Waals surface area contributed by atoms with Gasteiger partial charge in [0.2, 0.25) is 0 Å². The Labute approximate surface area is 658 Å². The normalized spacial score (nSPS) is 13.8. The molecule has 0 spiro atoms. The molecule has 0 bridgehead atoms. The number of rotatable bonds is 87. The van der Waals surface area contributed by atoms with E-state index in [0.29, 0.717) is 25.7 Å². The summed E-state index contributed by atoms with van der Waals surface area (Å²) in [6.07, 6.45) is 72.1. The van der Waals surface area contributed by atoms with Gasteiger partial charge in [0.1, 0.15) is 19.3 Å². The molecule has 2 unspecified atom stereocenters. The Bertz CT molecular complexity index is 2050. The highest BCUT2D eigenvalue weighted by atomic mass is 31.2. The van der Waals surface area contributed by atoms with Crippen molar-refractivity contribution in [3.8, 4) is 0 Å². The summed E-state index contributed by atoms with van der Waals surface area (Å²) in [5.41, 5.74) is 0. The van der Waals surface area contributed by atoms with E-state index in [0.717, 1.165) is 102 Å². The smallest absolute Gasteiger partial charge is 0.462 e. The topological polar surface area (TPSA) is 237 Å². The summed E-state index contributed by atoms with van der Waals surface area (Å²) in [4.78, 5) is 73.3. The van der Waals surface area contributed by atoms with Crippen molar-refractivity contribution in [2.45, 2.75) is 490 Å². The van der Waals surface area contributed by atoms with Crippen LogP contribution in [0.15, 0.2) is 0 Å². The highest BCUT2D eigenvalue weighted by Gasteiger charge is 2.30. The molecular formula is C88H172O17P2. The highest BCUT2D eigenvalue weighted by molar-refractivity contribution is 7.47. The molecule has 17 nitrogen and oxygen atoms in total. The van der Waals surface area contributed by atoms with Crippen molar-refractivity contribution in [3.63, 3.8) is 0 Å². The van der Waals surface area contributed by atoms with Gasteiger partial charge in [-0.15, -0.1) is 0 Å². The van der Waals surface area contributed by atoms with Crippen LogP contribution in [0.1, 0.15) is 472 Å². The molecule has 0 aliphatic carbocycles. The lowest BCUT2D eigenvalue weighted by Crippen LogP contribution is -2.30. The molecule has 3 N–H and O–H groups in total. The van der Waals surface area contributed by atoms with Gasteiger partial charge in [-0.25, -0.2) is 9.13 Å². The second kappa shape index (κ2) is 79.3. The zero-order valence-corrected chi connectivity index (χ0v) is 72.2. The minimum absolute atomic E-state index is 0.109. The molecule has 0 heterocycles. The predicted octanol–water partition coefficient (Wildman–Crippen LogP) is 27.0. The summed E-state index contributed by atoms with van der Waals surface area (Å²) in [6, 6.07) is 0. The fraction of sp³-hybridized carbons (Fsp3) is 0.955. The molecule has 0 aromatic rings. The van der Waals surface area contributed by atoms with E-state index in [-0.39, 0.29) is 25.7 Å². The lowest BCUT2D eigenvalue weighted by atomic mass is 10.0. The van der Waals surface area contributed by atoms with Gasteiger partial charge in [0.05, 0.1) is 26.4 Å². The Morgan fingerprint density at radius 2 is 0.430 bits per heavy atom. The minimum atomic E-state index is -4.97. The average Bonchev–Trinajstić information content (AvgIpc) is 0.904. The number of hydrogen-bond acceptors (Lipinski definition) is 15. The summed E-state index contributed by atoms with van der Waals surface area (Å²) in [6.45, 7) is 9.75. The number of phosphoric acid groups is 2. The Balaban J connectivity index is 5.25. The Hall–Kier alpha value is -1.94. The molecule has 0 aliphatic heterocycles. The van der Waals surface area contributed by atoms with Crippen LogP contribution in [-0.2, 0) is 65.4 Å². The Kier molecular flexibility index (Phi) is 77.9. The second-order valence-corrected chi connectivity index (χ2v) is 35.5. The van der Waals surface area contributed by atoms with Gasteiger partial charge in [0, 0.05) is 25.7 Å². The number of aliphatic hydroxyl groups is 1. The van der Waals surface area contributed by atoms with E-state index < -0.39 is 97.5 Å². The van der Waals surface area contributed by atoms with Gasteiger partial charge in [0.15, 0.2) is 12.2 Å². The third-order valence-electron chi connectivity index (χ3n) is 20.7. The number of unbranched alkanes of at least 4 members (excludes halogenated alkanes) is 57. The number of ether oxygens (including phenoxy) is 4. The largest absolute Gasteiger partial charge is 0.472 e. The molecule has 0 aromatic carbocycles. The van der Waals surface area contributed by atoms with Crippen molar-refractivity contribution < 1.29 is 80.2 Å². The van der Waals surface area contributed by atoms with E-state index >= 15 is 0 Å². The van der Waals surface area contributed by atoms with Crippen LogP contribution in [-0.4, -0.2) is 96.7 Å². The lowest BCUT2D eigenvalue weighted by Gasteiger charge is -2.21. The summed E-state index contributed by atoms with van der Waals surface area (Å²) in [7, 11) is -9.93. The molecule has 0 aliphatic rings. The number of hydrogen-bond donors (Lipinski definition) is 3. The van der Waals surface area contributed by atoms with Crippen molar-refractivity contribution >= 4 is 39.5 Å². The van der Waals surface area contributed by atoms with Crippen molar-refractivity contribution in [2.24, 2.45) is 11.8 Å². The second-order valence-electron chi connectivity index (χ2n) is 32.6. The minimum Gasteiger partial charge on any atom is -0.462 e. The van der Waals surface area contributed by atoms with Gasteiger partial charge in [0.25, 0.3) is 0 Å². The number of aliphatic hydroxyl groups excluding tert-OH is 1. The number of esters is 4. The van der Waals surface area contributed by atoms with E-state index in [1.807, 2.05) is 0 Å². The van der Waals surface area contributed by atoms with Crippen LogP contribution in [0.2, 0.25) is 0 Å². The zero-order valence-electron chi connectivity index (χ0n) is 70.5. The van der Waals surface area contributed by atoms with Crippen LogP contribution in [0.4, 0.5) is 0 Å². The first-order chi connectivity index (χ1) is 51.9. The van der Waals surface area contributed by atoms with E-state index in [2.05, 4.69) is 41.5 Å². The van der Waals surface area contributed by atoms with E-state index in [1.54, 1.807) is 0 Å². The number of carbonyl (C=O) groups excluding carboxylic acids is 4. The average molecular weight is 1560 g/mol. The van der Waals surface area contributed by atoms with E-state index in [4.69, 9.17) is 37.0 Å². The first-order valence-corrected chi connectivity index (χ1v) is 48.5. The fourth-order valence-corrected chi connectivity index (χ4v) is 15.4. The monoisotopic (exact) mass is 1560 g/mol. The van der Waals surface area contributed by atoms with E-state index in [1.165, 1.54) is 289 Å². The molecular weight excluding hydrogens is 1390 g/mol. The molecule has 0 fully saturated rings. The molecule has 19 heteroatoms. The maximum atomic E-state index is 13.2. The summed E-state index contributed by atoms with van der Waals surface area (Å²) in [5, 5.41) is 10.7. The van der Waals surface area contributed by atoms with Crippen molar-refractivity contribution in [2.75, 3.05) is 39.6 Å². The van der Waals surface area contributed by atoms with Gasteiger partial charge in [-0.3, -0.25) is 37.3 Å². The van der Waals surface area contributed by atoms with Crippen LogP contribution in [0, 0.1) is 11.8 Å². The van der Waals surface area contributed by atoms with Crippen LogP contribution >= 0.6 is 15.6 Å². The molecule has 0 saturated carbocycles. The third kappa shape index (κ3) is 81.9. The molecule has 5 atom stereocenters. The summed E-state index contributed by atoms with van der Waals surface area (Å²) < 4.78 is 69.0. The Morgan fingerprint density at radius 3 is 0.636 bits per heavy atom. The predicted molar refractivity (Wildman–Crippen MR) is 442 cm³/mol. The standard InChI is InChI=1S/C88H172O17P2/c1-7-9-11-13-15-17-19-21-22-23-31-36-42-48-54-60-66-72-87(92)104-83(76-98-85(90)70-64-58-52-46-40-20-18-16-14-12-10-8-2)78-102-106(94,95)100-74-82(89)75-101-107(96,97)103-79-84(105-88(93)73-67-61-55-49-43-37-32-27-25-29-34-39-45-51-57-63-69-81(5)6)77-99-86(91)71-65-59-53-47-41-35-30-26-24-28-33-38-44-50-56-62-68-80(3)4/h80-84,89H,7-79H2,1-6H3,(H,94,95)(H,96,97)/t82-,83+,84+/m0/s1. The highest BCUT2D eigenvalue weighted by Crippen LogP contribution is 2.45. The van der Waals surface area contributed by atoms with Crippen molar-refractivity contribution in [1.29, 1.82) is 0 Å². The third-order valence-corrected chi connectivity index (χ3v) is 22.6. The van der Waals surface area contributed by atoms with E-state index in [9.17, 15) is 43.2 Å². The number of carbonyl (C=O) groups is 4. The van der Waals surface area contributed by atoms with Gasteiger partial charge >= 0.3 is 39.5 Å². The summed E-state index contributed by atoms with van der Waals surface area (Å²) in [5.74, 6) is -0.475. The van der Waals surface area contributed by atoms with Crippen LogP contribution < -0.4 is 0 Å². The lowest BCUT2D eigenvalue weighted by molar-refractivity contribution is -0.161. The molecule has 636 valence electrons. The van der Waals surface area contributed by atoms with Crippen LogP contribution in [0.3, 0.4) is 0 Å². The quantitative estimate of drug-likeness (QED) is 0.0222. The molecule has 0 radical (unpaired) electrons. The zero-order chi connectivity index (χ0) is 78.5. The fourth-order valence-electron chi connectivity index (χ4n) is 13.8. The summed E-state index contributed by atoms with van der Waals surface area (Å²) >= 11 is 0. The molecule has 0 saturated heterocycles. The maximum absolute atomic E-state index is 13.2. The van der Waals surface area contributed by atoms with Gasteiger partial charge in [-0.1, -0.05) is 420 Å². The van der Waals surface area contributed by atoms with Crippen LogP contribution in [0.5, 0.6) is 0 Å².